The van der Waals surface area contributed by atoms with Gasteiger partial charge in [-0.3, -0.25) is 0 Å². The first-order valence-corrected chi connectivity index (χ1v) is 8.11. The first-order chi connectivity index (χ1) is 11.3. The maximum atomic E-state index is 11.3. The zero-order chi connectivity index (χ0) is 16.9. The molecule has 0 N–H and O–H groups in total. The number of aliphatic imine (C=N–C) groups is 1. The van der Waals surface area contributed by atoms with Gasteiger partial charge in [0.1, 0.15) is 0 Å². The molecule has 1 aromatic heterocycles. The Morgan fingerprint density at radius 3 is 2.78 bits per heavy atom. The summed E-state index contributed by atoms with van der Waals surface area (Å²) in [5.41, 5.74) is 1.89. The molecule has 23 heavy (non-hydrogen) atoms. The summed E-state index contributed by atoms with van der Waals surface area (Å²) in [6, 6.07) is 10.0. The standard InChI is InChI=1S/C14H18N5OS.O.Tc/c20-14(16-6-7-21)9-15-8-13-11-19(18-17-13)10-12-4-2-1-3-5-12;;/h1-5,11,21H,6-10H2,(H,16,20);;/q-1;;+3/p-2. The van der Waals surface area contributed by atoms with Crippen LogP contribution < -0.4 is 5.11 Å². The number of benzene rings is 1. The summed E-state index contributed by atoms with van der Waals surface area (Å²) in [4.78, 5) is 3.76. The van der Waals surface area contributed by atoms with Crippen LogP contribution in [0.3, 0.4) is 0 Å². The van der Waals surface area contributed by atoms with Crippen LogP contribution in [0.25, 0.3) is 5.32 Å². The molecular weight excluding hydrogens is 400 g/mol. The zero-order valence-electron chi connectivity index (χ0n) is 12.3. The average molecular weight is 416 g/mol. The van der Waals surface area contributed by atoms with Crippen LogP contribution in [0.4, 0.5) is 0 Å². The fourth-order valence-electron chi connectivity index (χ4n) is 1.75. The van der Waals surface area contributed by atoms with Gasteiger partial charge in [-0.1, -0.05) is 41.4 Å². The van der Waals surface area contributed by atoms with Crippen molar-refractivity contribution < 1.29 is 27.5 Å². The minimum atomic E-state index is -0.239. The summed E-state index contributed by atoms with van der Waals surface area (Å²) in [5, 5.41) is 23.5. The molecule has 1 aromatic carbocycles. The first-order valence-electron chi connectivity index (χ1n) is 6.78. The predicted molar refractivity (Wildman–Crippen MR) is 82.7 cm³/mol. The molecule has 0 aliphatic rings. The summed E-state index contributed by atoms with van der Waals surface area (Å²) in [6.45, 7) is 1.49. The molecule has 0 unspecified atom stereocenters. The van der Waals surface area contributed by atoms with Gasteiger partial charge >= 0.3 is 22.4 Å². The van der Waals surface area contributed by atoms with Gasteiger partial charge in [0.05, 0.1) is 12.2 Å². The summed E-state index contributed by atoms with van der Waals surface area (Å²) >= 11 is 5.62. The van der Waals surface area contributed by atoms with Gasteiger partial charge in [-0.25, -0.2) is 4.68 Å². The molecule has 0 saturated carbocycles. The fraction of sp³-hybridized carbons (Fsp3) is 0.357. The van der Waals surface area contributed by atoms with Crippen LogP contribution in [0.2, 0.25) is 0 Å². The molecule has 9 heteroatoms. The molecule has 1 heterocycles. The van der Waals surface area contributed by atoms with E-state index in [0.29, 0.717) is 25.4 Å². The molecule has 0 amide bonds. The number of nitrogens with zero attached hydrogens (tertiary/aromatic N) is 5. The van der Waals surface area contributed by atoms with Gasteiger partial charge in [0.25, 0.3) is 0 Å². The third-order valence-corrected chi connectivity index (χ3v) is 2.86. The van der Waals surface area contributed by atoms with Crippen molar-refractivity contribution in [1.82, 2.24) is 15.0 Å². The van der Waals surface area contributed by atoms with E-state index in [9.17, 15) is 5.11 Å². The number of rotatable bonds is 8. The average Bonchev–Trinajstić information content (AvgIpc) is 3.03. The van der Waals surface area contributed by atoms with Crippen LogP contribution in [0.5, 0.6) is 0 Å². The molecule has 7 nitrogen and oxygen atoms in total. The molecule has 0 aliphatic heterocycles. The van der Waals surface area contributed by atoms with Gasteiger partial charge < -0.3 is 28.0 Å². The molecule has 0 saturated heterocycles. The van der Waals surface area contributed by atoms with Crippen LogP contribution in [0.1, 0.15) is 11.3 Å². The maximum absolute atomic E-state index is 11.3. The Hall–Kier alpha value is -1.41. The van der Waals surface area contributed by atoms with E-state index in [2.05, 4.69) is 20.6 Å². The molecule has 0 bridgehead atoms. The van der Waals surface area contributed by atoms with Gasteiger partial charge in [0.2, 0.25) is 0 Å². The van der Waals surface area contributed by atoms with Crippen molar-refractivity contribution in [2.24, 2.45) is 4.99 Å². The van der Waals surface area contributed by atoms with Crippen molar-refractivity contribution in [3.05, 3.63) is 53.1 Å². The minimum absolute atomic E-state index is 0.0703. The van der Waals surface area contributed by atoms with Crippen LogP contribution in [-0.4, -0.2) is 39.7 Å². The van der Waals surface area contributed by atoms with Gasteiger partial charge in [-0.05, 0) is 5.56 Å². The first kappa shape index (κ1) is 19.6. The number of hydrogen-bond donors (Lipinski definition) is 0. The normalized spacial score (nSPS) is 10.9. The monoisotopic (exact) mass is 415 g/mol. The van der Waals surface area contributed by atoms with E-state index < -0.39 is 0 Å². The van der Waals surface area contributed by atoms with E-state index in [4.69, 9.17) is 16.1 Å². The number of aromatic nitrogens is 3. The molecule has 2 aromatic rings. The zero-order valence-corrected chi connectivity index (χ0v) is 15.0. The molecule has 0 spiro atoms. The third-order valence-electron chi connectivity index (χ3n) is 2.67. The molecule has 0 fully saturated rings. The van der Waals surface area contributed by atoms with Gasteiger partial charge in [0.15, 0.2) is 0 Å². The topological polar surface area (TPSA) is 97.3 Å². The van der Waals surface area contributed by atoms with Gasteiger partial charge in [-0.2, -0.15) is 5.75 Å². The van der Waals surface area contributed by atoms with Crippen molar-refractivity contribution >= 4 is 18.5 Å². The summed E-state index contributed by atoms with van der Waals surface area (Å²) in [5.74, 6) is 0.219. The Labute approximate surface area is 151 Å². The Morgan fingerprint density at radius 2 is 2.09 bits per heavy atom. The fourth-order valence-corrected chi connectivity index (χ4v) is 1.84. The van der Waals surface area contributed by atoms with E-state index in [0.717, 1.165) is 30.1 Å². The molecule has 0 atom stereocenters. The Morgan fingerprint density at radius 1 is 1.35 bits per heavy atom. The summed E-state index contributed by atoms with van der Waals surface area (Å²) in [6.07, 6.45) is 1.83. The summed E-state index contributed by atoms with van der Waals surface area (Å²) < 4.78 is 9.97. The Kier molecular flexibility index (Phi) is 10.3. The molecule has 122 valence electrons. The predicted octanol–water partition coefficient (Wildman–Crippen LogP) is 0.384. The van der Waals surface area contributed by atoms with E-state index in [-0.39, 0.29) is 12.4 Å². The molecule has 0 aliphatic carbocycles. The molecular formula is C14H16N5O2STc. The van der Waals surface area contributed by atoms with Crippen LogP contribution in [-0.2, 0) is 48.1 Å². The third kappa shape index (κ3) is 8.13. The Bertz CT molecular complexity index is 594. The quantitative estimate of drug-likeness (QED) is 0.352. The van der Waals surface area contributed by atoms with Gasteiger partial charge in [0, 0.05) is 12.7 Å². The van der Waals surface area contributed by atoms with Crippen molar-refractivity contribution in [2.45, 2.75) is 13.1 Å². The molecule has 2 rings (SSSR count). The summed E-state index contributed by atoms with van der Waals surface area (Å²) in [7, 11) is 0. The Balaban J connectivity index is 0.00000127. The second-order valence-corrected chi connectivity index (χ2v) is 4.82. The number of hydrogen-bond acceptors (Lipinski definition) is 6. The van der Waals surface area contributed by atoms with E-state index in [1.807, 2.05) is 36.5 Å². The van der Waals surface area contributed by atoms with E-state index in [1.54, 1.807) is 4.68 Å². The second kappa shape index (κ2) is 12.1. The van der Waals surface area contributed by atoms with Crippen LogP contribution in [0.15, 0.2) is 41.5 Å². The SMILES string of the molecule is [O-]C(C[N-]Cc1cn(Cc2ccccc2)nn1)=NCC[S-].[O]=[Tc+3]. The van der Waals surface area contributed by atoms with E-state index >= 15 is 0 Å². The van der Waals surface area contributed by atoms with Crippen molar-refractivity contribution in [2.75, 3.05) is 18.8 Å². The van der Waals surface area contributed by atoms with Gasteiger partial charge in [-0.15, -0.1) is 18.2 Å². The van der Waals surface area contributed by atoms with Crippen LogP contribution >= 0.6 is 0 Å². The molecule has 0 radical (unpaired) electrons. The van der Waals surface area contributed by atoms with Crippen molar-refractivity contribution in [3.8, 4) is 0 Å². The van der Waals surface area contributed by atoms with Crippen molar-refractivity contribution in [1.29, 1.82) is 0 Å². The van der Waals surface area contributed by atoms with Crippen molar-refractivity contribution in [3.63, 3.8) is 0 Å². The van der Waals surface area contributed by atoms with Crippen LogP contribution in [0, 0.1) is 0 Å². The van der Waals surface area contributed by atoms with E-state index in [1.165, 1.54) is 0 Å². The second-order valence-electron chi connectivity index (χ2n) is 4.41.